The smallest absolute Gasteiger partial charge is 0.259 e. The average Bonchev–Trinajstić information content (AvgIpc) is 3.33. The maximum Gasteiger partial charge on any atom is 0.259 e. The molecule has 2 aliphatic rings. The van der Waals surface area contributed by atoms with Crippen LogP contribution in [0.25, 0.3) is 0 Å². The Kier molecular flexibility index (Phi) is 9.26. The van der Waals surface area contributed by atoms with Crippen LogP contribution >= 0.6 is 11.8 Å². The molecule has 35 heavy (non-hydrogen) atoms. The van der Waals surface area contributed by atoms with Gasteiger partial charge in [-0.25, -0.2) is 0 Å². The third kappa shape index (κ3) is 6.47. The molecule has 2 heterocycles. The number of rotatable bonds is 9. The Hall–Kier alpha value is -2.32. The molecule has 8 heteroatoms. The van der Waals surface area contributed by atoms with Gasteiger partial charge >= 0.3 is 0 Å². The molecule has 2 amide bonds. The van der Waals surface area contributed by atoms with Gasteiger partial charge in [-0.2, -0.15) is 16.9 Å². The molecule has 2 fully saturated rings. The highest BCUT2D eigenvalue weighted by Gasteiger charge is 2.40. The summed E-state index contributed by atoms with van der Waals surface area (Å²) in [6.07, 6.45) is 14.0. The molecule has 1 aromatic carbocycles. The Bertz CT molecular complexity index is 951. The second-order valence-electron chi connectivity index (χ2n) is 9.81. The van der Waals surface area contributed by atoms with Crippen molar-refractivity contribution in [3.8, 4) is 0 Å². The summed E-state index contributed by atoms with van der Waals surface area (Å²) in [6.45, 7) is 2.58. The number of carbonyl (C=O) groups excluding carboxylic acids is 2. The minimum absolute atomic E-state index is 0.0664. The fourth-order valence-electron chi connectivity index (χ4n) is 5.63. The summed E-state index contributed by atoms with van der Waals surface area (Å²) in [6, 6.07) is 9.38. The van der Waals surface area contributed by atoms with Gasteiger partial charge in [0.2, 0.25) is 5.91 Å². The lowest BCUT2D eigenvalue weighted by molar-refractivity contribution is -0.123. The van der Waals surface area contributed by atoms with Gasteiger partial charge in [-0.3, -0.25) is 19.2 Å². The Labute approximate surface area is 213 Å². The van der Waals surface area contributed by atoms with Crippen molar-refractivity contribution in [3.63, 3.8) is 0 Å². The Balaban J connectivity index is 1.61. The molecule has 7 nitrogen and oxygen atoms in total. The molecule has 1 saturated heterocycles. The predicted molar refractivity (Wildman–Crippen MR) is 143 cm³/mol. The van der Waals surface area contributed by atoms with Gasteiger partial charge in [0.15, 0.2) is 0 Å². The van der Waals surface area contributed by atoms with E-state index in [4.69, 9.17) is 0 Å². The molecule has 1 aromatic heterocycles. The van der Waals surface area contributed by atoms with Crippen molar-refractivity contribution in [1.82, 2.24) is 20.0 Å². The quantitative estimate of drug-likeness (QED) is 0.531. The molecule has 2 aromatic rings. The third-order valence-corrected chi connectivity index (χ3v) is 8.09. The summed E-state index contributed by atoms with van der Waals surface area (Å²) < 4.78 is 1.69. The number of anilines is 1. The van der Waals surface area contributed by atoms with Crippen LogP contribution < -0.4 is 10.2 Å². The summed E-state index contributed by atoms with van der Waals surface area (Å²) in [4.78, 5) is 31.9. The second kappa shape index (κ2) is 12.6. The zero-order valence-corrected chi connectivity index (χ0v) is 21.9. The van der Waals surface area contributed by atoms with Gasteiger partial charge in [0.1, 0.15) is 6.04 Å². The standard InChI is InChI=1S/C27H39N5O2S/c1-30-20-24(19-29-30)32(27(34)22-9-5-3-6-10-22)25(26(33)28-15-18-35-2)21-13-16-31(17-14-21)23-11-7-4-8-12-23/h3,5-6,9-10,19-21,23,25H,4,7-8,11-18H2,1-2H3,(H,28,33). The Morgan fingerprint density at radius 3 is 2.46 bits per heavy atom. The molecule has 1 saturated carbocycles. The van der Waals surface area contributed by atoms with E-state index in [1.54, 1.807) is 27.5 Å². The maximum atomic E-state index is 13.9. The molecule has 1 unspecified atom stereocenters. The van der Waals surface area contributed by atoms with E-state index < -0.39 is 6.04 Å². The molecule has 1 aliphatic heterocycles. The van der Waals surface area contributed by atoms with Gasteiger partial charge in [-0.05, 0) is 63.1 Å². The predicted octanol–water partition coefficient (Wildman–Crippen LogP) is 3.96. The number of carbonyl (C=O) groups is 2. The number of aromatic nitrogens is 2. The van der Waals surface area contributed by atoms with E-state index in [1.807, 2.05) is 49.8 Å². The Morgan fingerprint density at radius 2 is 1.83 bits per heavy atom. The van der Waals surface area contributed by atoms with Crippen LogP contribution in [-0.2, 0) is 11.8 Å². The van der Waals surface area contributed by atoms with E-state index in [0.717, 1.165) is 31.7 Å². The molecule has 0 bridgehead atoms. The van der Waals surface area contributed by atoms with Crippen LogP contribution in [0.4, 0.5) is 5.69 Å². The SMILES string of the molecule is CSCCNC(=O)C(C1CCN(C2CCCCC2)CC1)N(C(=O)c1ccccc1)c1cnn(C)c1. The van der Waals surface area contributed by atoms with E-state index in [1.165, 1.54) is 32.1 Å². The fourth-order valence-corrected chi connectivity index (χ4v) is 5.93. The van der Waals surface area contributed by atoms with Crippen molar-refractivity contribution >= 4 is 29.3 Å². The number of benzene rings is 1. The third-order valence-electron chi connectivity index (χ3n) is 7.47. The number of piperidine rings is 1. The van der Waals surface area contributed by atoms with E-state index in [2.05, 4.69) is 15.3 Å². The van der Waals surface area contributed by atoms with E-state index >= 15 is 0 Å². The summed E-state index contributed by atoms with van der Waals surface area (Å²) >= 11 is 1.70. The number of nitrogens with one attached hydrogen (secondary N) is 1. The molecular formula is C27H39N5O2S. The highest BCUT2D eigenvalue weighted by atomic mass is 32.2. The van der Waals surface area contributed by atoms with Crippen molar-refractivity contribution in [2.45, 2.75) is 57.0 Å². The summed E-state index contributed by atoms with van der Waals surface area (Å²) in [7, 11) is 1.84. The topological polar surface area (TPSA) is 70.5 Å². The van der Waals surface area contributed by atoms with E-state index in [-0.39, 0.29) is 17.7 Å². The zero-order valence-electron chi connectivity index (χ0n) is 21.1. The van der Waals surface area contributed by atoms with Gasteiger partial charge in [0.25, 0.3) is 5.91 Å². The first-order chi connectivity index (χ1) is 17.1. The van der Waals surface area contributed by atoms with Crippen molar-refractivity contribution in [1.29, 1.82) is 0 Å². The van der Waals surface area contributed by atoms with Gasteiger partial charge in [0.05, 0.1) is 11.9 Å². The minimum atomic E-state index is -0.567. The number of amides is 2. The van der Waals surface area contributed by atoms with Crippen molar-refractivity contribution in [3.05, 3.63) is 48.3 Å². The van der Waals surface area contributed by atoms with Crippen molar-refractivity contribution in [2.75, 3.05) is 36.5 Å². The van der Waals surface area contributed by atoms with Crippen LogP contribution in [0.15, 0.2) is 42.7 Å². The van der Waals surface area contributed by atoms with Gasteiger partial charge in [0, 0.05) is 37.1 Å². The van der Waals surface area contributed by atoms with Crippen LogP contribution in [-0.4, -0.2) is 70.2 Å². The summed E-state index contributed by atoms with van der Waals surface area (Å²) in [5.41, 5.74) is 1.25. The number of aryl methyl sites for hydroxylation is 1. The minimum Gasteiger partial charge on any atom is -0.353 e. The number of thioether (sulfide) groups is 1. The molecule has 0 spiro atoms. The first-order valence-corrected chi connectivity index (χ1v) is 14.4. The first-order valence-electron chi connectivity index (χ1n) is 13.0. The maximum absolute atomic E-state index is 13.9. The second-order valence-corrected chi connectivity index (χ2v) is 10.8. The molecular weight excluding hydrogens is 458 g/mol. The lowest BCUT2D eigenvalue weighted by Crippen LogP contribution is -2.56. The van der Waals surface area contributed by atoms with E-state index in [0.29, 0.717) is 23.8 Å². The molecule has 0 radical (unpaired) electrons. The molecule has 1 N–H and O–H groups in total. The highest BCUT2D eigenvalue weighted by Crippen LogP contribution is 2.32. The molecule has 190 valence electrons. The number of nitrogens with zero attached hydrogens (tertiary/aromatic N) is 4. The van der Waals surface area contributed by atoms with Crippen LogP contribution in [0.1, 0.15) is 55.3 Å². The molecule has 4 rings (SSSR count). The largest absolute Gasteiger partial charge is 0.353 e. The summed E-state index contributed by atoms with van der Waals surface area (Å²) in [5.74, 6) is 0.719. The summed E-state index contributed by atoms with van der Waals surface area (Å²) in [5, 5.41) is 7.45. The van der Waals surface area contributed by atoms with Crippen LogP contribution in [0.3, 0.4) is 0 Å². The number of hydrogen-bond acceptors (Lipinski definition) is 5. The highest BCUT2D eigenvalue weighted by molar-refractivity contribution is 7.98. The van der Waals surface area contributed by atoms with Crippen LogP contribution in [0, 0.1) is 5.92 Å². The van der Waals surface area contributed by atoms with Crippen LogP contribution in [0.2, 0.25) is 0 Å². The lowest BCUT2D eigenvalue weighted by atomic mass is 9.85. The average molecular weight is 498 g/mol. The molecule has 1 atom stereocenters. The lowest BCUT2D eigenvalue weighted by Gasteiger charge is -2.43. The van der Waals surface area contributed by atoms with Crippen molar-refractivity contribution in [2.24, 2.45) is 13.0 Å². The number of hydrogen-bond donors (Lipinski definition) is 1. The van der Waals surface area contributed by atoms with E-state index in [9.17, 15) is 9.59 Å². The van der Waals surface area contributed by atoms with Gasteiger partial charge in [-0.1, -0.05) is 37.5 Å². The number of likely N-dealkylation sites (tertiary alicyclic amines) is 1. The fraction of sp³-hybridized carbons (Fsp3) is 0.593. The Morgan fingerprint density at radius 1 is 1.11 bits per heavy atom. The normalized spacial score (nSPS) is 18.8. The zero-order chi connectivity index (χ0) is 24.6. The van der Waals surface area contributed by atoms with Crippen molar-refractivity contribution < 1.29 is 9.59 Å². The first kappa shape index (κ1) is 25.8. The van der Waals surface area contributed by atoms with Gasteiger partial charge in [-0.15, -0.1) is 0 Å². The monoisotopic (exact) mass is 497 g/mol. The molecule has 1 aliphatic carbocycles. The van der Waals surface area contributed by atoms with Crippen LogP contribution in [0.5, 0.6) is 0 Å². The van der Waals surface area contributed by atoms with Gasteiger partial charge < -0.3 is 10.2 Å².